The van der Waals surface area contributed by atoms with E-state index in [0.717, 1.165) is 42.5 Å². The van der Waals surface area contributed by atoms with Crippen molar-refractivity contribution in [2.75, 3.05) is 25.1 Å². The van der Waals surface area contributed by atoms with Crippen molar-refractivity contribution in [1.82, 2.24) is 0 Å². The minimum atomic E-state index is 0. The number of anilines is 1. The molecule has 1 aliphatic carbocycles. The second kappa shape index (κ2) is 8.45. The molecule has 0 bridgehead atoms. The number of fused-ring (bicyclic) bond motifs is 1. The Morgan fingerprint density at radius 3 is 2.68 bits per heavy atom. The zero-order chi connectivity index (χ0) is 14.5. The number of benzene rings is 1. The molecule has 5 nitrogen and oxygen atoms in total. The Labute approximate surface area is 148 Å². The molecular formula is C16H24IN3O2. The summed E-state index contributed by atoms with van der Waals surface area (Å²) in [5, 5.41) is 3.11. The molecule has 0 atom stereocenters. The second-order valence-electron chi connectivity index (χ2n) is 5.69. The van der Waals surface area contributed by atoms with E-state index in [0.29, 0.717) is 19.2 Å². The molecule has 1 fully saturated rings. The number of nitrogens with zero attached hydrogens (tertiary/aromatic N) is 1. The van der Waals surface area contributed by atoms with Gasteiger partial charge in [0.05, 0.1) is 13.2 Å². The van der Waals surface area contributed by atoms with E-state index in [-0.39, 0.29) is 24.0 Å². The highest BCUT2D eigenvalue weighted by Crippen LogP contribution is 2.32. The van der Waals surface area contributed by atoms with Crippen molar-refractivity contribution in [3.05, 3.63) is 18.2 Å². The smallest absolute Gasteiger partial charge is 0.193 e. The molecule has 0 aromatic heterocycles. The summed E-state index contributed by atoms with van der Waals surface area (Å²) in [6, 6.07) is 5.75. The van der Waals surface area contributed by atoms with Gasteiger partial charge in [-0.25, -0.2) is 0 Å². The molecule has 1 aromatic carbocycles. The van der Waals surface area contributed by atoms with Crippen molar-refractivity contribution in [3.8, 4) is 11.5 Å². The summed E-state index contributed by atoms with van der Waals surface area (Å²) in [5.41, 5.74) is 6.80. The van der Waals surface area contributed by atoms with Crippen molar-refractivity contribution in [2.24, 2.45) is 16.6 Å². The van der Waals surface area contributed by atoms with Gasteiger partial charge in [-0.1, -0.05) is 19.3 Å². The fourth-order valence-electron chi connectivity index (χ4n) is 2.58. The van der Waals surface area contributed by atoms with Crippen molar-refractivity contribution in [3.63, 3.8) is 0 Å². The van der Waals surface area contributed by atoms with Gasteiger partial charge < -0.3 is 20.5 Å². The minimum absolute atomic E-state index is 0. The van der Waals surface area contributed by atoms with Gasteiger partial charge in [-0.15, -0.1) is 24.0 Å². The predicted molar refractivity (Wildman–Crippen MR) is 99.5 cm³/mol. The van der Waals surface area contributed by atoms with Gasteiger partial charge in [0.1, 0.15) is 0 Å². The van der Waals surface area contributed by atoms with Gasteiger partial charge in [-0.05, 0) is 24.5 Å². The highest BCUT2D eigenvalue weighted by atomic mass is 127. The Morgan fingerprint density at radius 1 is 1.18 bits per heavy atom. The number of rotatable bonds is 4. The van der Waals surface area contributed by atoms with Gasteiger partial charge in [-0.2, -0.15) is 0 Å². The third-order valence-corrected chi connectivity index (χ3v) is 4.06. The van der Waals surface area contributed by atoms with E-state index >= 15 is 0 Å². The fraction of sp³-hybridized carbons (Fsp3) is 0.562. The summed E-state index contributed by atoms with van der Waals surface area (Å²) < 4.78 is 11.3. The van der Waals surface area contributed by atoms with Crippen LogP contribution in [0.25, 0.3) is 0 Å². The maximum atomic E-state index is 5.93. The molecule has 1 heterocycles. The van der Waals surface area contributed by atoms with Crippen LogP contribution in [0.15, 0.2) is 23.2 Å². The molecule has 0 unspecified atom stereocenters. The molecule has 1 aromatic rings. The molecule has 0 spiro atoms. The zero-order valence-corrected chi connectivity index (χ0v) is 15.0. The lowest BCUT2D eigenvalue weighted by Crippen LogP contribution is -2.23. The van der Waals surface area contributed by atoms with E-state index in [1.165, 1.54) is 19.3 Å². The molecule has 6 heteroatoms. The minimum Gasteiger partial charge on any atom is -0.490 e. The third kappa shape index (κ3) is 4.66. The Hall–Kier alpha value is -1.18. The van der Waals surface area contributed by atoms with Crippen LogP contribution in [-0.4, -0.2) is 25.7 Å². The molecule has 2 aliphatic rings. The lowest BCUT2D eigenvalue weighted by atomic mass is 9.83. The van der Waals surface area contributed by atoms with E-state index in [9.17, 15) is 0 Å². The highest BCUT2D eigenvalue weighted by Gasteiger charge is 2.16. The van der Waals surface area contributed by atoms with E-state index in [1.807, 2.05) is 18.2 Å². The van der Waals surface area contributed by atoms with E-state index in [1.54, 1.807) is 0 Å². The first kappa shape index (κ1) is 17.2. The van der Waals surface area contributed by atoms with Crippen molar-refractivity contribution in [1.29, 1.82) is 0 Å². The largest absolute Gasteiger partial charge is 0.490 e. The normalized spacial score (nSPS) is 17.9. The molecule has 1 aliphatic heterocycles. The number of nitrogens with one attached hydrogen (secondary N) is 1. The topological polar surface area (TPSA) is 68.9 Å². The van der Waals surface area contributed by atoms with Gasteiger partial charge in [0.2, 0.25) is 0 Å². The Balaban J connectivity index is 0.00000176. The fourth-order valence-corrected chi connectivity index (χ4v) is 2.58. The van der Waals surface area contributed by atoms with Crippen LogP contribution in [-0.2, 0) is 0 Å². The van der Waals surface area contributed by atoms with Crippen LogP contribution < -0.4 is 20.5 Å². The van der Waals surface area contributed by atoms with Crippen LogP contribution in [0, 0.1) is 5.92 Å². The summed E-state index contributed by atoms with van der Waals surface area (Å²) in [6.45, 7) is 2.18. The zero-order valence-electron chi connectivity index (χ0n) is 12.7. The average molecular weight is 417 g/mol. The third-order valence-electron chi connectivity index (χ3n) is 4.06. The standard InChI is InChI=1S/C16H23N3O2.HI/c17-16(18-8-7-12-3-1-4-12)19-13-5-6-14-15(11-13)21-10-2-9-20-14;/h5-6,11-12H,1-4,7-10H2,(H3,17,18,19);1H. The monoisotopic (exact) mass is 417 g/mol. The number of hydrogen-bond donors (Lipinski definition) is 2. The summed E-state index contributed by atoms with van der Waals surface area (Å²) in [7, 11) is 0. The molecular weight excluding hydrogens is 393 g/mol. The van der Waals surface area contributed by atoms with Crippen LogP contribution in [0.2, 0.25) is 0 Å². The van der Waals surface area contributed by atoms with Crippen LogP contribution in [0.1, 0.15) is 32.1 Å². The Bertz CT molecular complexity index is 518. The van der Waals surface area contributed by atoms with Crippen LogP contribution in [0.3, 0.4) is 0 Å². The molecule has 22 heavy (non-hydrogen) atoms. The summed E-state index contributed by atoms with van der Waals surface area (Å²) in [6.07, 6.45) is 6.13. The SMILES string of the molecule is I.NC(=NCCC1CCC1)Nc1ccc2c(c1)OCCCO2. The molecule has 3 N–H and O–H groups in total. The number of guanidine groups is 1. The molecule has 0 saturated heterocycles. The number of hydrogen-bond acceptors (Lipinski definition) is 3. The Kier molecular flexibility index (Phi) is 6.60. The van der Waals surface area contributed by atoms with Crippen molar-refractivity contribution in [2.45, 2.75) is 32.1 Å². The van der Waals surface area contributed by atoms with E-state index < -0.39 is 0 Å². The average Bonchev–Trinajstić information content (AvgIpc) is 2.66. The summed E-state index contributed by atoms with van der Waals surface area (Å²) in [5.74, 6) is 2.88. The molecule has 0 amide bonds. The van der Waals surface area contributed by atoms with E-state index in [2.05, 4.69) is 10.3 Å². The maximum absolute atomic E-state index is 5.93. The second-order valence-corrected chi connectivity index (χ2v) is 5.69. The Morgan fingerprint density at radius 2 is 1.95 bits per heavy atom. The van der Waals surface area contributed by atoms with Gasteiger partial charge in [-0.3, -0.25) is 4.99 Å². The maximum Gasteiger partial charge on any atom is 0.193 e. The van der Waals surface area contributed by atoms with Gasteiger partial charge in [0.25, 0.3) is 0 Å². The van der Waals surface area contributed by atoms with Gasteiger partial charge >= 0.3 is 0 Å². The van der Waals surface area contributed by atoms with Gasteiger partial charge in [0, 0.05) is 24.7 Å². The lowest BCUT2D eigenvalue weighted by molar-refractivity contribution is 0.297. The predicted octanol–water partition coefficient (Wildman–Crippen LogP) is 3.38. The number of ether oxygens (including phenoxy) is 2. The summed E-state index contributed by atoms with van der Waals surface area (Å²) in [4.78, 5) is 4.38. The highest BCUT2D eigenvalue weighted by molar-refractivity contribution is 14.0. The summed E-state index contributed by atoms with van der Waals surface area (Å²) >= 11 is 0. The van der Waals surface area contributed by atoms with E-state index in [4.69, 9.17) is 15.2 Å². The van der Waals surface area contributed by atoms with Crippen LogP contribution in [0.5, 0.6) is 11.5 Å². The first-order valence-corrected chi connectivity index (χ1v) is 7.78. The number of aliphatic imine (C=N–C) groups is 1. The van der Waals surface area contributed by atoms with Crippen molar-refractivity contribution >= 4 is 35.6 Å². The first-order valence-electron chi connectivity index (χ1n) is 7.78. The van der Waals surface area contributed by atoms with Crippen molar-refractivity contribution < 1.29 is 9.47 Å². The van der Waals surface area contributed by atoms with Crippen LogP contribution in [0.4, 0.5) is 5.69 Å². The molecule has 3 rings (SSSR count). The first-order chi connectivity index (χ1) is 10.3. The number of nitrogens with two attached hydrogens (primary N) is 1. The molecule has 1 saturated carbocycles. The molecule has 0 radical (unpaired) electrons. The van der Waals surface area contributed by atoms with Gasteiger partial charge in [0.15, 0.2) is 17.5 Å². The lowest BCUT2D eigenvalue weighted by Gasteiger charge is -2.24. The quantitative estimate of drug-likeness (QED) is 0.448. The van der Waals surface area contributed by atoms with Crippen LogP contribution >= 0.6 is 24.0 Å². The number of halogens is 1. The molecule has 122 valence electrons.